The van der Waals surface area contributed by atoms with E-state index >= 15 is 0 Å². The van der Waals surface area contributed by atoms with Crippen molar-refractivity contribution >= 4 is 13.0 Å². The predicted octanol–water partition coefficient (Wildman–Crippen LogP) is 1.11. The van der Waals surface area contributed by atoms with Crippen molar-refractivity contribution in [2.45, 2.75) is 45.3 Å². The van der Waals surface area contributed by atoms with Crippen molar-refractivity contribution in [2.75, 3.05) is 6.54 Å². The third-order valence-electron chi connectivity index (χ3n) is 3.21. The third-order valence-corrected chi connectivity index (χ3v) is 3.21. The number of hydrogen-bond donors (Lipinski definition) is 3. The molecule has 1 rings (SSSR count). The third kappa shape index (κ3) is 4.22. The highest BCUT2D eigenvalue weighted by molar-refractivity contribution is 6.45. The Labute approximate surface area is 91.2 Å². The first kappa shape index (κ1) is 12.5. The van der Waals surface area contributed by atoms with Crippen LogP contribution in [0.25, 0.3) is 0 Å². The van der Waals surface area contributed by atoms with E-state index in [9.17, 15) is 9.82 Å². The highest BCUT2D eigenvalue weighted by atomic mass is 16.4. The van der Waals surface area contributed by atoms with Crippen molar-refractivity contribution < 1.29 is 14.9 Å². The van der Waals surface area contributed by atoms with Crippen molar-refractivity contribution in [1.29, 1.82) is 0 Å². The fourth-order valence-electron chi connectivity index (χ4n) is 2.40. The molecule has 0 bridgehead atoms. The van der Waals surface area contributed by atoms with Crippen molar-refractivity contribution in [3.8, 4) is 0 Å². The molecule has 0 aliphatic heterocycles. The van der Waals surface area contributed by atoms with Crippen LogP contribution in [-0.4, -0.2) is 29.7 Å². The van der Waals surface area contributed by atoms with E-state index in [4.69, 9.17) is 5.11 Å². The van der Waals surface area contributed by atoms with Gasteiger partial charge in [0.15, 0.2) is 0 Å². The van der Waals surface area contributed by atoms with Crippen LogP contribution in [0.3, 0.4) is 0 Å². The molecule has 0 unspecified atom stereocenters. The lowest BCUT2D eigenvalue weighted by molar-refractivity contribution is -0.140. The van der Waals surface area contributed by atoms with Crippen LogP contribution in [0.4, 0.5) is 0 Å². The minimum Gasteiger partial charge on any atom is -0.481 e. The van der Waals surface area contributed by atoms with Crippen molar-refractivity contribution in [2.24, 2.45) is 5.41 Å². The van der Waals surface area contributed by atoms with Crippen LogP contribution >= 0.6 is 0 Å². The van der Waals surface area contributed by atoms with E-state index in [0.29, 0.717) is 6.54 Å². The summed E-state index contributed by atoms with van der Waals surface area (Å²) in [4.78, 5) is 10.8. The summed E-state index contributed by atoms with van der Waals surface area (Å²) in [5, 5.41) is 21.0. The zero-order chi connectivity index (χ0) is 11.3. The first-order valence-electron chi connectivity index (χ1n) is 5.67. The molecule has 86 valence electrons. The van der Waals surface area contributed by atoms with E-state index in [1.165, 1.54) is 6.42 Å². The molecular formula is C10H20BNO3. The van der Waals surface area contributed by atoms with Gasteiger partial charge in [0.2, 0.25) is 0 Å². The van der Waals surface area contributed by atoms with Gasteiger partial charge in [0.25, 0.3) is 0 Å². The van der Waals surface area contributed by atoms with Crippen LogP contribution < -0.4 is 5.23 Å². The molecule has 0 spiro atoms. The Bertz CT molecular complexity index is 215. The Kier molecular flexibility index (Phi) is 4.60. The van der Waals surface area contributed by atoms with E-state index in [2.05, 4.69) is 5.23 Å². The van der Waals surface area contributed by atoms with Gasteiger partial charge in [0.05, 0.1) is 6.42 Å². The highest BCUT2D eigenvalue weighted by Gasteiger charge is 2.34. The number of carboxylic acids is 1. The molecule has 1 saturated carbocycles. The number of aliphatic carboxylic acids is 1. The zero-order valence-electron chi connectivity index (χ0n) is 9.33. The molecule has 5 heteroatoms. The van der Waals surface area contributed by atoms with E-state index < -0.39 is 13.0 Å². The first-order chi connectivity index (χ1) is 7.04. The molecule has 15 heavy (non-hydrogen) atoms. The molecule has 0 amide bonds. The lowest BCUT2D eigenvalue weighted by Crippen LogP contribution is -2.43. The van der Waals surface area contributed by atoms with Crippen LogP contribution in [0.1, 0.15) is 38.5 Å². The van der Waals surface area contributed by atoms with Gasteiger partial charge in [-0.05, 0) is 31.6 Å². The average Bonchev–Trinajstić information content (AvgIpc) is 2.15. The maximum Gasteiger partial charge on any atom is 0.373 e. The monoisotopic (exact) mass is 213 g/mol. The molecule has 0 radical (unpaired) electrons. The summed E-state index contributed by atoms with van der Waals surface area (Å²) in [6.45, 7) is 2.27. The Hall–Kier alpha value is -0.545. The number of carboxylic acid groups (broad SMARTS) is 1. The summed E-state index contributed by atoms with van der Waals surface area (Å²) >= 11 is 0. The molecule has 0 aromatic carbocycles. The second kappa shape index (κ2) is 5.51. The van der Waals surface area contributed by atoms with Gasteiger partial charge >= 0.3 is 13.0 Å². The molecule has 0 aromatic rings. The first-order valence-corrected chi connectivity index (χ1v) is 5.67. The maximum absolute atomic E-state index is 10.8. The number of nitrogens with one attached hydrogen (secondary N) is 1. The predicted molar refractivity (Wildman–Crippen MR) is 59.6 cm³/mol. The quantitative estimate of drug-likeness (QED) is 0.598. The second-order valence-corrected chi connectivity index (χ2v) is 4.69. The minimum absolute atomic E-state index is 0.138. The summed E-state index contributed by atoms with van der Waals surface area (Å²) in [5.74, 6) is -0.732. The Morgan fingerprint density at radius 1 is 1.40 bits per heavy atom. The normalized spacial score (nSPS) is 19.9. The van der Waals surface area contributed by atoms with E-state index in [1.54, 1.807) is 6.82 Å². The molecule has 0 aromatic heterocycles. The summed E-state index contributed by atoms with van der Waals surface area (Å²) < 4.78 is 0. The molecule has 1 aliphatic rings. The molecule has 0 heterocycles. The van der Waals surface area contributed by atoms with Gasteiger partial charge < -0.3 is 15.4 Å². The van der Waals surface area contributed by atoms with Gasteiger partial charge in [-0.2, -0.15) is 0 Å². The zero-order valence-corrected chi connectivity index (χ0v) is 9.33. The molecule has 1 fully saturated rings. The highest BCUT2D eigenvalue weighted by Crippen LogP contribution is 2.38. The summed E-state index contributed by atoms with van der Waals surface area (Å²) in [6, 6.07) is 0. The Morgan fingerprint density at radius 3 is 2.47 bits per heavy atom. The van der Waals surface area contributed by atoms with Gasteiger partial charge in [-0.3, -0.25) is 4.79 Å². The van der Waals surface area contributed by atoms with Crippen molar-refractivity contribution in [3.63, 3.8) is 0 Å². The molecule has 0 atom stereocenters. The average molecular weight is 213 g/mol. The van der Waals surface area contributed by atoms with Gasteiger partial charge in [-0.1, -0.05) is 19.3 Å². The number of rotatable bonds is 5. The maximum atomic E-state index is 10.8. The number of carbonyl (C=O) groups is 1. The lowest BCUT2D eigenvalue weighted by atomic mass is 9.70. The number of hydrogen-bond acceptors (Lipinski definition) is 3. The lowest BCUT2D eigenvalue weighted by Gasteiger charge is -2.36. The van der Waals surface area contributed by atoms with Gasteiger partial charge in [-0.15, -0.1) is 0 Å². The Morgan fingerprint density at radius 2 is 2.00 bits per heavy atom. The smallest absolute Gasteiger partial charge is 0.373 e. The standard InChI is InChI=1S/C10H20BNO3/c1-11(15)12-8-10(7-9(13)14)5-3-2-4-6-10/h12,15H,2-8H2,1H3,(H,13,14). The van der Waals surface area contributed by atoms with Crippen molar-refractivity contribution in [1.82, 2.24) is 5.23 Å². The topological polar surface area (TPSA) is 69.6 Å². The van der Waals surface area contributed by atoms with Crippen LogP contribution in [0, 0.1) is 5.41 Å². The summed E-state index contributed by atoms with van der Waals surface area (Å²) in [5.41, 5.74) is -0.138. The van der Waals surface area contributed by atoms with E-state index in [0.717, 1.165) is 25.7 Å². The summed E-state index contributed by atoms with van der Waals surface area (Å²) in [7, 11) is -0.558. The molecule has 3 N–H and O–H groups in total. The fourth-order valence-corrected chi connectivity index (χ4v) is 2.40. The van der Waals surface area contributed by atoms with Gasteiger partial charge in [0.1, 0.15) is 0 Å². The van der Waals surface area contributed by atoms with E-state index in [1.807, 2.05) is 0 Å². The van der Waals surface area contributed by atoms with Crippen LogP contribution in [0.15, 0.2) is 0 Å². The van der Waals surface area contributed by atoms with Crippen LogP contribution in [0.2, 0.25) is 6.82 Å². The molecule has 1 aliphatic carbocycles. The Balaban J connectivity index is 2.53. The van der Waals surface area contributed by atoms with Crippen LogP contribution in [0.5, 0.6) is 0 Å². The summed E-state index contributed by atoms with van der Waals surface area (Å²) in [6.07, 6.45) is 5.55. The fraction of sp³-hybridized carbons (Fsp3) is 0.900. The largest absolute Gasteiger partial charge is 0.481 e. The minimum atomic E-state index is -0.732. The van der Waals surface area contributed by atoms with Crippen molar-refractivity contribution in [3.05, 3.63) is 0 Å². The molecule has 4 nitrogen and oxygen atoms in total. The van der Waals surface area contributed by atoms with Gasteiger partial charge in [0, 0.05) is 0 Å². The van der Waals surface area contributed by atoms with Gasteiger partial charge in [-0.25, -0.2) is 0 Å². The van der Waals surface area contributed by atoms with Crippen LogP contribution in [-0.2, 0) is 4.79 Å². The molecule has 0 saturated heterocycles. The second-order valence-electron chi connectivity index (χ2n) is 4.69. The SMILES string of the molecule is CB(O)NCC1(CC(=O)O)CCCCC1. The van der Waals surface area contributed by atoms with E-state index in [-0.39, 0.29) is 11.8 Å². The molecular weight excluding hydrogens is 193 g/mol.